The minimum Gasteiger partial charge on any atom is -0.497 e. The van der Waals surface area contributed by atoms with Crippen molar-refractivity contribution in [3.05, 3.63) is 93.9 Å². The lowest BCUT2D eigenvalue weighted by Gasteiger charge is -2.30. The Kier molecular flexibility index (Phi) is 6.72. The number of ether oxygens (including phenoxy) is 3. The molecule has 2 aromatic carbocycles. The second-order valence-corrected chi connectivity index (χ2v) is 9.37. The minimum absolute atomic E-state index is 0.161. The summed E-state index contributed by atoms with van der Waals surface area (Å²) in [4.78, 5) is 18.5. The number of hydrogen-bond acceptors (Lipinski definition) is 9. The third-order valence-corrected chi connectivity index (χ3v) is 6.90. The van der Waals surface area contributed by atoms with Crippen molar-refractivity contribution in [1.82, 2.24) is 30.1 Å². The molecular formula is C28H28N6O5. The predicted octanol–water partition coefficient (Wildman–Crippen LogP) is 4.05. The third-order valence-electron chi connectivity index (χ3n) is 6.90. The van der Waals surface area contributed by atoms with Gasteiger partial charge in [-0.15, -0.1) is 5.10 Å². The number of methoxy groups -OCH3 is 1. The van der Waals surface area contributed by atoms with Crippen molar-refractivity contribution in [3.8, 4) is 17.2 Å². The Bertz CT molecular complexity index is 1630. The van der Waals surface area contributed by atoms with Crippen LogP contribution in [-0.2, 0) is 19.6 Å². The van der Waals surface area contributed by atoms with Gasteiger partial charge in [0.1, 0.15) is 18.1 Å². The molecule has 39 heavy (non-hydrogen) atoms. The van der Waals surface area contributed by atoms with Gasteiger partial charge in [-0.2, -0.15) is 0 Å². The van der Waals surface area contributed by atoms with Gasteiger partial charge in [0, 0.05) is 30.1 Å². The van der Waals surface area contributed by atoms with Gasteiger partial charge in [-0.05, 0) is 58.8 Å². The first-order chi connectivity index (χ1) is 19.1. The molecule has 0 bridgehead atoms. The fourth-order valence-corrected chi connectivity index (χ4v) is 4.94. The molecule has 1 aliphatic rings. The van der Waals surface area contributed by atoms with E-state index in [1.807, 2.05) is 48.5 Å². The van der Waals surface area contributed by atoms with Crippen LogP contribution < -0.4 is 19.8 Å². The second kappa shape index (κ2) is 10.6. The average Bonchev–Trinajstić information content (AvgIpc) is 3.72. The van der Waals surface area contributed by atoms with Crippen molar-refractivity contribution in [2.75, 3.05) is 13.9 Å². The van der Waals surface area contributed by atoms with Gasteiger partial charge in [0.2, 0.25) is 6.79 Å². The zero-order valence-corrected chi connectivity index (χ0v) is 21.7. The lowest BCUT2D eigenvalue weighted by atomic mass is 10.1. The number of tetrazole rings is 1. The summed E-state index contributed by atoms with van der Waals surface area (Å²) in [6.07, 6.45) is 2.35. The molecule has 6 rings (SSSR count). The normalized spacial score (nSPS) is 13.3. The van der Waals surface area contributed by atoms with Crippen LogP contribution in [0.25, 0.3) is 10.9 Å². The smallest absolute Gasteiger partial charge is 0.252 e. The number of aromatic nitrogens is 5. The lowest BCUT2D eigenvalue weighted by Crippen LogP contribution is -2.32. The molecule has 0 saturated heterocycles. The SMILES string of the molecule is CCC(c1nnnn1Cc1ccco1)N(Cc1ccc(OC)cc1)Cc1cc2cc3c(cc2[nH]c1=O)OCO3. The van der Waals surface area contributed by atoms with E-state index in [2.05, 4.69) is 32.3 Å². The van der Waals surface area contributed by atoms with E-state index >= 15 is 0 Å². The van der Waals surface area contributed by atoms with Crippen LogP contribution in [-0.4, -0.2) is 44.0 Å². The lowest BCUT2D eigenvalue weighted by molar-refractivity contribution is 0.161. The first-order valence-electron chi connectivity index (χ1n) is 12.7. The van der Waals surface area contributed by atoms with Crippen molar-refractivity contribution in [2.24, 2.45) is 0 Å². The van der Waals surface area contributed by atoms with Crippen molar-refractivity contribution >= 4 is 10.9 Å². The number of aromatic amines is 1. The second-order valence-electron chi connectivity index (χ2n) is 9.37. The van der Waals surface area contributed by atoms with Gasteiger partial charge in [0.05, 0.1) is 24.9 Å². The molecule has 0 radical (unpaired) electrons. The van der Waals surface area contributed by atoms with Crippen LogP contribution in [0.5, 0.6) is 17.2 Å². The molecule has 0 saturated carbocycles. The Morgan fingerprint density at radius 2 is 1.92 bits per heavy atom. The quantitative estimate of drug-likeness (QED) is 0.286. The van der Waals surface area contributed by atoms with Gasteiger partial charge in [-0.3, -0.25) is 9.69 Å². The predicted molar refractivity (Wildman–Crippen MR) is 142 cm³/mol. The van der Waals surface area contributed by atoms with Gasteiger partial charge in [-0.1, -0.05) is 19.1 Å². The van der Waals surface area contributed by atoms with E-state index in [9.17, 15) is 4.79 Å². The maximum atomic E-state index is 13.3. The van der Waals surface area contributed by atoms with Gasteiger partial charge < -0.3 is 23.6 Å². The van der Waals surface area contributed by atoms with Crippen LogP contribution >= 0.6 is 0 Å². The number of H-pyrrole nitrogens is 1. The zero-order chi connectivity index (χ0) is 26.8. The summed E-state index contributed by atoms with van der Waals surface area (Å²) in [6, 6.07) is 17.1. The van der Waals surface area contributed by atoms with E-state index in [0.717, 1.165) is 28.9 Å². The molecule has 0 amide bonds. The van der Waals surface area contributed by atoms with E-state index in [-0.39, 0.29) is 18.4 Å². The molecule has 0 aliphatic carbocycles. The first kappa shape index (κ1) is 24.7. The largest absolute Gasteiger partial charge is 0.497 e. The number of nitrogens with zero attached hydrogens (tertiary/aromatic N) is 5. The molecule has 200 valence electrons. The van der Waals surface area contributed by atoms with Crippen LogP contribution in [0, 0.1) is 0 Å². The fraction of sp³-hybridized carbons (Fsp3) is 0.286. The third kappa shape index (κ3) is 5.08. The van der Waals surface area contributed by atoms with Crippen LogP contribution in [0.15, 0.2) is 70.1 Å². The van der Waals surface area contributed by atoms with Crippen LogP contribution in [0.4, 0.5) is 0 Å². The first-order valence-corrected chi connectivity index (χ1v) is 12.7. The maximum absolute atomic E-state index is 13.3. The number of furan rings is 1. The molecule has 5 aromatic rings. The summed E-state index contributed by atoms with van der Waals surface area (Å²) < 4.78 is 23.6. The van der Waals surface area contributed by atoms with Crippen molar-refractivity contribution in [2.45, 2.75) is 39.0 Å². The number of fused-ring (bicyclic) bond motifs is 2. The van der Waals surface area contributed by atoms with E-state index in [4.69, 9.17) is 18.6 Å². The summed E-state index contributed by atoms with van der Waals surface area (Å²) in [7, 11) is 1.64. The molecule has 1 N–H and O–H groups in total. The topological polar surface area (TPSA) is 121 Å². The summed E-state index contributed by atoms with van der Waals surface area (Å²) in [6.45, 7) is 3.60. The van der Waals surface area contributed by atoms with Crippen molar-refractivity contribution in [1.29, 1.82) is 0 Å². The Morgan fingerprint density at radius 1 is 1.10 bits per heavy atom. The van der Waals surface area contributed by atoms with Crippen LogP contribution in [0.2, 0.25) is 0 Å². The van der Waals surface area contributed by atoms with Crippen LogP contribution in [0.3, 0.4) is 0 Å². The number of hydrogen-bond donors (Lipinski definition) is 1. The highest BCUT2D eigenvalue weighted by atomic mass is 16.7. The number of nitrogens with one attached hydrogen (secondary N) is 1. The van der Waals surface area contributed by atoms with Crippen molar-refractivity contribution in [3.63, 3.8) is 0 Å². The Labute approximate surface area is 223 Å². The minimum atomic E-state index is -0.177. The van der Waals surface area contributed by atoms with E-state index in [1.165, 1.54) is 0 Å². The Morgan fingerprint density at radius 3 is 2.67 bits per heavy atom. The van der Waals surface area contributed by atoms with E-state index in [1.54, 1.807) is 24.1 Å². The summed E-state index contributed by atoms with van der Waals surface area (Å²) in [5, 5.41) is 13.5. The molecule has 0 spiro atoms. The standard InChI is InChI=1S/C28H28N6O5/c1-3-24(27-30-31-32-34(27)16-22-5-4-10-37-22)33(14-18-6-8-21(36-2)9-7-18)15-20-11-19-12-25-26(39-17-38-25)13-23(19)29-28(20)35/h4-13,24H,3,14-17H2,1-2H3,(H,29,35). The van der Waals surface area contributed by atoms with Crippen LogP contribution in [0.1, 0.15) is 42.1 Å². The molecule has 3 aromatic heterocycles. The van der Waals surface area contributed by atoms with E-state index in [0.29, 0.717) is 48.0 Å². The summed E-state index contributed by atoms with van der Waals surface area (Å²) in [5.74, 6) is 3.53. The Balaban J connectivity index is 1.37. The molecule has 1 unspecified atom stereocenters. The monoisotopic (exact) mass is 528 g/mol. The summed E-state index contributed by atoms with van der Waals surface area (Å²) in [5.41, 5.74) is 2.23. The molecule has 1 aliphatic heterocycles. The van der Waals surface area contributed by atoms with Crippen molar-refractivity contribution < 1.29 is 18.6 Å². The molecule has 0 fully saturated rings. The van der Waals surface area contributed by atoms with Gasteiger partial charge in [0.25, 0.3) is 5.56 Å². The highest BCUT2D eigenvalue weighted by Crippen LogP contribution is 2.35. The number of benzene rings is 2. The average molecular weight is 529 g/mol. The van der Waals surface area contributed by atoms with Gasteiger partial charge >= 0.3 is 0 Å². The fourth-order valence-electron chi connectivity index (χ4n) is 4.94. The number of pyridine rings is 1. The highest BCUT2D eigenvalue weighted by Gasteiger charge is 2.27. The molecular weight excluding hydrogens is 500 g/mol. The summed E-state index contributed by atoms with van der Waals surface area (Å²) >= 11 is 0. The molecule has 11 nitrogen and oxygen atoms in total. The van der Waals surface area contributed by atoms with E-state index < -0.39 is 0 Å². The van der Waals surface area contributed by atoms with Gasteiger partial charge in [-0.25, -0.2) is 4.68 Å². The molecule has 11 heteroatoms. The molecule has 1 atom stereocenters. The maximum Gasteiger partial charge on any atom is 0.252 e. The molecule has 4 heterocycles. The highest BCUT2D eigenvalue weighted by molar-refractivity contribution is 5.83. The Hall–Kier alpha value is -4.64. The number of rotatable bonds is 10. The van der Waals surface area contributed by atoms with Gasteiger partial charge in [0.15, 0.2) is 17.3 Å². The zero-order valence-electron chi connectivity index (χ0n) is 21.7.